The first-order valence-electron chi connectivity index (χ1n) is 6.58. The maximum atomic E-state index is 12.0. The Morgan fingerprint density at radius 1 is 1.47 bits per heavy atom. The summed E-state index contributed by atoms with van der Waals surface area (Å²) in [4.78, 5) is 36.2. The molecule has 0 aliphatic carbocycles. The molecule has 1 heterocycles. The molecule has 0 radical (unpaired) electrons. The molecule has 6 nitrogen and oxygen atoms in total. The molecule has 19 heavy (non-hydrogen) atoms. The zero-order chi connectivity index (χ0) is 14.6. The van der Waals surface area contributed by atoms with Crippen LogP contribution < -0.4 is 5.32 Å². The van der Waals surface area contributed by atoms with Crippen LogP contribution in [0, 0.1) is 11.8 Å². The Labute approximate surface area is 113 Å². The molecular weight excluding hydrogens is 248 g/mol. The molecule has 0 saturated carbocycles. The van der Waals surface area contributed by atoms with Gasteiger partial charge in [0.25, 0.3) is 0 Å². The van der Waals surface area contributed by atoms with Crippen LogP contribution in [0.15, 0.2) is 0 Å². The molecule has 2 N–H and O–H groups in total. The lowest BCUT2D eigenvalue weighted by molar-refractivity contribution is -0.144. The highest BCUT2D eigenvalue weighted by Gasteiger charge is 2.31. The van der Waals surface area contributed by atoms with Gasteiger partial charge in [0.2, 0.25) is 11.8 Å². The normalized spacial score (nSPS) is 21.4. The molecular formula is C13H22N2O4. The molecule has 0 aromatic rings. The fourth-order valence-electron chi connectivity index (χ4n) is 2.15. The van der Waals surface area contributed by atoms with Crippen LogP contribution in [0.2, 0.25) is 0 Å². The summed E-state index contributed by atoms with van der Waals surface area (Å²) in [6, 6.07) is -0.873. The number of rotatable bonds is 5. The minimum Gasteiger partial charge on any atom is -0.480 e. The number of piperidine rings is 1. The quantitative estimate of drug-likeness (QED) is 0.760. The molecule has 1 unspecified atom stereocenters. The van der Waals surface area contributed by atoms with Crippen LogP contribution >= 0.6 is 0 Å². The van der Waals surface area contributed by atoms with E-state index >= 15 is 0 Å². The summed E-state index contributed by atoms with van der Waals surface area (Å²) in [5.41, 5.74) is 0. The van der Waals surface area contributed by atoms with Crippen LogP contribution in [0.5, 0.6) is 0 Å². The maximum Gasteiger partial charge on any atom is 0.326 e. The number of aliphatic carboxylic acids is 1. The van der Waals surface area contributed by atoms with E-state index in [1.54, 1.807) is 11.9 Å². The predicted octanol–water partition coefficient (Wildman–Crippen LogP) is 0.470. The summed E-state index contributed by atoms with van der Waals surface area (Å²) in [6.45, 7) is 4.35. The first-order valence-corrected chi connectivity index (χ1v) is 6.58. The fraction of sp³-hybridized carbons (Fsp3) is 0.769. The molecule has 0 aromatic carbocycles. The monoisotopic (exact) mass is 270 g/mol. The first-order chi connectivity index (χ1) is 8.81. The molecule has 0 bridgehead atoms. The third-order valence-electron chi connectivity index (χ3n) is 3.35. The number of carboxylic acids is 1. The molecule has 2 amide bonds. The third-order valence-corrected chi connectivity index (χ3v) is 3.35. The van der Waals surface area contributed by atoms with Gasteiger partial charge in [0, 0.05) is 25.9 Å². The van der Waals surface area contributed by atoms with E-state index in [2.05, 4.69) is 5.32 Å². The van der Waals surface area contributed by atoms with E-state index in [4.69, 9.17) is 5.11 Å². The maximum absolute atomic E-state index is 12.0. The smallest absolute Gasteiger partial charge is 0.326 e. The van der Waals surface area contributed by atoms with Gasteiger partial charge in [0.15, 0.2) is 0 Å². The predicted molar refractivity (Wildman–Crippen MR) is 69.4 cm³/mol. The van der Waals surface area contributed by atoms with Gasteiger partial charge in [-0.15, -0.1) is 0 Å². The summed E-state index contributed by atoms with van der Waals surface area (Å²) >= 11 is 0. The van der Waals surface area contributed by atoms with E-state index in [1.165, 1.54) is 0 Å². The number of nitrogens with one attached hydrogen (secondary N) is 1. The van der Waals surface area contributed by atoms with E-state index in [9.17, 15) is 14.4 Å². The van der Waals surface area contributed by atoms with E-state index in [0.717, 1.165) is 0 Å². The Balaban J connectivity index is 2.57. The summed E-state index contributed by atoms with van der Waals surface area (Å²) in [6.07, 6.45) is 1.14. The Bertz CT molecular complexity index is 368. The van der Waals surface area contributed by atoms with Gasteiger partial charge in [-0.25, -0.2) is 4.79 Å². The average Bonchev–Trinajstić information content (AvgIpc) is 2.31. The summed E-state index contributed by atoms with van der Waals surface area (Å²) in [5.74, 6) is -1.64. The van der Waals surface area contributed by atoms with Crippen molar-refractivity contribution in [2.24, 2.45) is 11.8 Å². The first kappa shape index (κ1) is 15.5. The molecule has 1 rings (SSSR count). The lowest BCUT2D eigenvalue weighted by Crippen LogP contribution is -2.47. The second-order valence-electron chi connectivity index (χ2n) is 5.53. The van der Waals surface area contributed by atoms with Crippen molar-refractivity contribution in [1.29, 1.82) is 0 Å². The molecule has 1 aliphatic rings. The van der Waals surface area contributed by atoms with Crippen LogP contribution in [0.4, 0.5) is 0 Å². The lowest BCUT2D eigenvalue weighted by Gasteiger charge is -2.29. The van der Waals surface area contributed by atoms with Gasteiger partial charge in [-0.1, -0.05) is 13.8 Å². The summed E-state index contributed by atoms with van der Waals surface area (Å²) in [7, 11) is 1.70. The highest BCUT2D eigenvalue weighted by Crippen LogP contribution is 2.18. The van der Waals surface area contributed by atoms with E-state index in [-0.39, 0.29) is 24.2 Å². The number of carbonyl (C=O) groups excluding carboxylic acids is 2. The van der Waals surface area contributed by atoms with Crippen molar-refractivity contribution >= 4 is 17.8 Å². The van der Waals surface area contributed by atoms with Crippen LogP contribution in [-0.4, -0.2) is 47.4 Å². The van der Waals surface area contributed by atoms with Crippen molar-refractivity contribution in [3.63, 3.8) is 0 Å². The van der Waals surface area contributed by atoms with Crippen LogP contribution in [-0.2, 0) is 14.4 Å². The Kier molecular flexibility index (Phi) is 5.32. The zero-order valence-electron chi connectivity index (χ0n) is 11.7. The number of hydrogen-bond acceptors (Lipinski definition) is 3. The number of carboxylic acid groups (broad SMARTS) is 1. The highest BCUT2D eigenvalue weighted by molar-refractivity contribution is 5.89. The van der Waals surface area contributed by atoms with Gasteiger partial charge in [0.05, 0.1) is 0 Å². The van der Waals surface area contributed by atoms with Gasteiger partial charge in [-0.3, -0.25) is 9.59 Å². The van der Waals surface area contributed by atoms with Crippen molar-refractivity contribution in [3.05, 3.63) is 0 Å². The van der Waals surface area contributed by atoms with Crippen molar-refractivity contribution in [1.82, 2.24) is 10.2 Å². The standard InChI is InChI=1S/C13H22N2O4/c1-8(2)6-10(13(18)19)14-12(17)9-4-5-15(3)11(16)7-9/h8-10H,4-7H2,1-3H3,(H,14,17)(H,18,19)/t9?,10-/m1/s1. The van der Waals surface area contributed by atoms with Crippen molar-refractivity contribution < 1.29 is 19.5 Å². The minimum absolute atomic E-state index is 0.0675. The van der Waals surface area contributed by atoms with Gasteiger partial charge >= 0.3 is 5.97 Å². The number of amides is 2. The molecule has 0 aromatic heterocycles. The molecule has 2 atom stereocenters. The third kappa shape index (κ3) is 4.54. The number of nitrogens with zero attached hydrogens (tertiary/aromatic N) is 1. The molecule has 1 fully saturated rings. The molecule has 6 heteroatoms. The SMILES string of the molecule is CC(C)C[C@@H](NC(=O)C1CCN(C)C(=O)C1)C(=O)O. The number of likely N-dealkylation sites (tertiary alicyclic amines) is 1. The van der Waals surface area contributed by atoms with E-state index in [0.29, 0.717) is 19.4 Å². The van der Waals surface area contributed by atoms with Crippen LogP contribution in [0.1, 0.15) is 33.1 Å². The van der Waals surface area contributed by atoms with Crippen LogP contribution in [0.3, 0.4) is 0 Å². The number of carbonyl (C=O) groups is 3. The van der Waals surface area contributed by atoms with Gasteiger partial charge < -0.3 is 15.3 Å². The Morgan fingerprint density at radius 2 is 2.11 bits per heavy atom. The Hall–Kier alpha value is -1.59. The fourth-order valence-corrected chi connectivity index (χ4v) is 2.15. The van der Waals surface area contributed by atoms with Crippen molar-refractivity contribution in [2.45, 2.75) is 39.2 Å². The summed E-state index contributed by atoms with van der Waals surface area (Å²) < 4.78 is 0. The zero-order valence-corrected chi connectivity index (χ0v) is 11.7. The average molecular weight is 270 g/mol. The van der Waals surface area contributed by atoms with Crippen molar-refractivity contribution in [3.8, 4) is 0 Å². The van der Waals surface area contributed by atoms with Gasteiger partial charge in [-0.2, -0.15) is 0 Å². The van der Waals surface area contributed by atoms with E-state index < -0.39 is 17.9 Å². The van der Waals surface area contributed by atoms with Gasteiger partial charge in [0.1, 0.15) is 6.04 Å². The minimum atomic E-state index is -1.03. The lowest BCUT2D eigenvalue weighted by atomic mass is 9.94. The molecule has 1 aliphatic heterocycles. The topological polar surface area (TPSA) is 86.7 Å². The van der Waals surface area contributed by atoms with Crippen molar-refractivity contribution in [2.75, 3.05) is 13.6 Å². The summed E-state index contributed by atoms with van der Waals surface area (Å²) in [5, 5.41) is 11.6. The number of hydrogen-bond donors (Lipinski definition) is 2. The second kappa shape index (κ2) is 6.54. The molecule has 1 saturated heterocycles. The van der Waals surface area contributed by atoms with Gasteiger partial charge in [-0.05, 0) is 18.8 Å². The second-order valence-corrected chi connectivity index (χ2v) is 5.53. The largest absolute Gasteiger partial charge is 0.480 e. The Morgan fingerprint density at radius 3 is 2.58 bits per heavy atom. The van der Waals surface area contributed by atoms with Crippen LogP contribution in [0.25, 0.3) is 0 Å². The molecule has 0 spiro atoms. The van der Waals surface area contributed by atoms with E-state index in [1.807, 2.05) is 13.8 Å². The molecule has 108 valence electrons. The highest BCUT2D eigenvalue weighted by atomic mass is 16.4.